The average molecular weight is 487 g/mol. The lowest BCUT2D eigenvalue weighted by Crippen LogP contribution is -2.44. The minimum Gasteiger partial charge on any atom is -0.507 e. The molecule has 1 saturated heterocycles. The number of aromatic nitrogens is 1. The number of piperazine rings is 1. The highest BCUT2D eigenvalue weighted by Gasteiger charge is 2.44. The summed E-state index contributed by atoms with van der Waals surface area (Å²) >= 11 is 0. The van der Waals surface area contributed by atoms with E-state index in [9.17, 15) is 19.8 Å². The Hall–Kier alpha value is -4.11. The summed E-state index contributed by atoms with van der Waals surface area (Å²) in [5, 5.41) is 22.3. The SMILES string of the molecule is CN1CCN(c2cc(O)c3c(c2O)C(=O)C2=C(C3=O)N(c3cccnc3)CC3=C(C=CCC3)O2)CC1. The fraction of sp³-hybridized carbons (Fsp3) is 0.296. The van der Waals surface area contributed by atoms with Crippen LogP contribution in [0.25, 0.3) is 0 Å². The van der Waals surface area contributed by atoms with E-state index in [1.165, 1.54) is 6.07 Å². The number of pyridine rings is 1. The number of likely N-dealkylation sites (N-methyl/N-ethyl adjacent to an activating group) is 1. The van der Waals surface area contributed by atoms with Gasteiger partial charge in [-0.05, 0) is 43.7 Å². The summed E-state index contributed by atoms with van der Waals surface area (Å²) in [5.74, 6) is -1.49. The average Bonchev–Trinajstić information content (AvgIpc) is 3.07. The standard InChI is InChI=1S/C27H26N4O5/c1-29-9-11-30(12-10-29)18-13-19(32)21-22(24(18)33)26(35)27-23(25(21)34)31(17-6-4-8-28-14-17)15-16-5-2-3-7-20(16)36-27/h3-4,6-8,13-14,32-33H,2,5,9-12,15H2,1H3. The van der Waals surface area contributed by atoms with Crippen molar-refractivity contribution in [3.8, 4) is 11.5 Å². The van der Waals surface area contributed by atoms with E-state index in [2.05, 4.69) is 9.88 Å². The smallest absolute Gasteiger partial charge is 0.235 e. The first-order valence-corrected chi connectivity index (χ1v) is 12.0. The molecule has 2 aliphatic carbocycles. The number of Topliss-reactive ketones (excluding diaryl/α,β-unsaturated/α-hetero) is 2. The maximum Gasteiger partial charge on any atom is 0.235 e. The van der Waals surface area contributed by atoms with Gasteiger partial charge in [-0.1, -0.05) is 6.08 Å². The highest BCUT2D eigenvalue weighted by molar-refractivity contribution is 6.29. The molecule has 3 heterocycles. The highest BCUT2D eigenvalue weighted by atomic mass is 16.5. The number of aromatic hydroxyl groups is 2. The third-order valence-electron chi connectivity index (χ3n) is 7.21. The zero-order valence-electron chi connectivity index (χ0n) is 19.9. The molecule has 184 valence electrons. The van der Waals surface area contributed by atoms with Crippen LogP contribution in [0.4, 0.5) is 11.4 Å². The molecule has 0 radical (unpaired) electrons. The number of fused-ring (bicyclic) bond motifs is 1. The van der Waals surface area contributed by atoms with Crippen molar-refractivity contribution in [3.05, 3.63) is 76.7 Å². The molecule has 0 spiro atoms. The molecule has 9 heteroatoms. The number of phenolic OH excluding ortho intramolecular Hbond substituents is 2. The van der Waals surface area contributed by atoms with Crippen LogP contribution in [0, 0.1) is 0 Å². The molecule has 6 rings (SSSR count). The van der Waals surface area contributed by atoms with Crippen LogP contribution in [0.15, 0.2) is 65.5 Å². The van der Waals surface area contributed by atoms with Crippen LogP contribution in [-0.4, -0.2) is 71.4 Å². The Morgan fingerprint density at radius 3 is 2.61 bits per heavy atom. The number of hydrogen-bond acceptors (Lipinski definition) is 9. The molecule has 1 aromatic heterocycles. The van der Waals surface area contributed by atoms with E-state index >= 15 is 0 Å². The summed E-state index contributed by atoms with van der Waals surface area (Å²) < 4.78 is 6.13. The Morgan fingerprint density at radius 1 is 1.06 bits per heavy atom. The summed E-state index contributed by atoms with van der Waals surface area (Å²) in [5.41, 5.74) is 1.51. The molecule has 0 bridgehead atoms. The van der Waals surface area contributed by atoms with Gasteiger partial charge in [0.15, 0.2) is 5.75 Å². The van der Waals surface area contributed by atoms with Crippen LogP contribution in [0.3, 0.4) is 0 Å². The van der Waals surface area contributed by atoms with E-state index in [1.54, 1.807) is 23.4 Å². The van der Waals surface area contributed by atoms with Crippen LogP contribution >= 0.6 is 0 Å². The molecule has 36 heavy (non-hydrogen) atoms. The molecule has 1 fully saturated rings. The number of rotatable bonds is 2. The van der Waals surface area contributed by atoms with Crippen molar-refractivity contribution in [2.24, 2.45) is 0 Å². The molecule has 0 unspecified atom stereocenters. The van der Waals surface area contributed by atoms with E-state index in [-0.39, 0.29) is 34.1 Å². The second kappa shape index (κ2) is 8.53. The maximum absolute atomic E-state index is 14.0. The fourth-order valence-electron chi connectivity index (χ4n) is 5.23. The van der Waals surface area contributed by atoms with Gasteiger partial charge < -0.3 is 29.6 Å². The van der Waals surface area contributed by atoms with Crippen molar-refractivity contribution in [1.29, 1.82) is 0 Å². The quantitative estimate of drug-likeness (QED) is 0.620. The summed E-state index contributed by atoms with van der Waals surface area (Å²) in [7, 11) is 2.01. The zero-order chi connectivity index (χ0) is 25.0. The van der Waals surface area contributed by atoms with Gasteiger partial charge in [0, 0.05) is 45.0 Å². The van der Waals surface area contributed by atoms with Crippen LogP contribution < -0.4 is 9.80 Å². The number of carbonyl (C=O) groups excluding carboxylic acids is 2. The normalized spacial score (nSPS) is 20.1. The van der Waals surface area contributed by atoms with Crippen LogP contribution in [-0.2, 0) is 4.74 Å². The third kappa shape index (κ3) is 3.46. The van der Waals surface area contributed by atoms with Crippen molar-refractivity contribution in [1.82, 2.24) is 9.88 Å². The summed E-state index contributed by atoms with van der Waals surface area (Å²) in [6, 6.07) is 4.95. The molecule has 2 aromatic rings. The number of nitrogens with zero attached hydrogens (tertiary/aromatic N) is 4. The number of anilines is 2. The van der Waals surface area contributed by atoms with E-state index in [0.29, 0.717) is 36.8 Å². The Morgan fingerprint density at radius 2 is 1.86 bits per heavy atom. The van der Waals surface area contributed by atoms with Crippen molar-refractivity contribution in [2.45, 2.75) is 12.8 Å². The van der Waals surface area contributed by atoms with Gasteiger partial charge in [-0.3, -0.25) is 14.6 Å². The Balaban J connectivity index is 1.52. The van der Waals surface area contributed by atoms with Crippen molar-refractivity contribution >= 4 is 22.9 Å². The Labute approximate surface area is 208 Å². The van der Waals surface area contributed by atoms with Crippen LogP contribution in [0.2, 0.25) is 0 Å². The predicted octanol–water partition coefficient (Wildman–Crippen LogP) is 2.98. The molecule has 2 aliphatic heterocycles. The van der Waals surface area contributed by atoms with Gasteiger partial charge in [-0.25, -0.2) is 0 Å². The maximum atomic E-state index is 14.0. The summed E-state index contributed by atoms with van der Waals surface area (Å²) in [6.45, 7) is 3.11. The minimum absolute atomic E-state index is 0.0327. The lowest BCUT2D eigenvalue weighted by Gasteiger charge is -2.35. The van der Waals surface area contributed by atoms with E-state index in [0.717, 1.165) is 31.5 Å². The molecule has 2 N–H and O–H groups in total. The third-order valence-corrected chi connectivity index (χ3v) is 7.21. The minimum atomic E-state index is -0.634. The van der Waals surface area contributed by atoms with Crippen molar-refractivity contribution < 1.29 is 24.5 Å². The molecule has 4 aliphatic rings. The summed E-state index contributed by atoms with van der Waals surface area (Å²) in [6.07, 6.45) is 8.59. The van der Waals surface area contributed by atoms with E-state index < -0.39 is 11.6 Å². The van der Waals surface area contributed by atoms with Gasteiger partial charge in [0.2, 0.25) is 17.3 Å². The monoisotopic (exact) mass is 486 g/mol. The van der Waals surface area contributed by atoms with Gasteiger partial charge >= 0.3 is 0 Å². The number of hydrogen-bond donors (Lipinski definition) is 2. The largest absolute Gasteiger partial charge is 0.507 e. The number of ketones is 2. The predicted molar refractivity (Wildman–Crippen MR) is 133 cm³/mol. The summed E-state index contributed by atoms with van der Waals surface area (Å²) in [4.78, 5) is 37.9. The van der Waals surface area contributed by atoms with Gasteiger partial charge in [0.05, 0.1) is 28.7 Å². The first-order valence-electron chi connectivity index (χ1n) is 12.0. The van der Waals surface area contributed by atoms with Crippen molar-refractivity contribution in [3.63, 3.8) is 0 Å². The lowest BCUT2D eigenvalue weighted by molar-refractivity contribution is 0.0909. The van der Waals surface area contributed by atoms with Gasteiger partial charge in [-0.15, -0.1) is 0 Å². The molecular formula is C27H26N4O5. The zero-order valence-corrected chi connectivity index (χ0v) is 19.9. The first-order chi connectivity index (χ1) is 17.4. The molecule has 1 aromatic carbocycles. The Bertz CT molecular complexity index is 1370. The van der Waals surface area contributed by atoms with Crippen molar-refractivity contribution in [2.75, 3.05) is 49.6 Å². The second-order valence-electron chi connectivity index (χ2n) is 9.45. The highest BCUT2D eigenvalue weighted by Crippen LogP contribution is 2.46. The van der Waals surface area contributed by atoms with Gasteiger partial charge in [-0.2, -0.15) is 0 Å². The number of benzene rings is 1. The molecular weight excluding hydrogens is 460 g/mol. The fourth-order valence-corrected chi connectivity index (χ4v) is 5.23. The Kier molecular flexibility index (Phi) is 5.30. The topological polar surface area (TPSA) is 106 Å². The van der Waals surface area contributed by atoms with Crippen LogP contribution in [0.1, 0.15) is 33.6 Å². The van der Waals surface area contributed by atoms with E-state index in [4.69, 9.17) is 4.74 Å². The molecule has 0 amide bonds. The van der Waals surface area contributed by atoms with E-state index in [1.807, 2.05) is 30.2 Å². The number of phenols is 2. The molecule has 0 saturated carbocycles. The number of ether oxygens (including phenoxy) is 1. The number of allylic oxidation sites excluding steroid dienone is 4. The lowest BCUT2D eigenvalue weighted by atomic mass is 9.88. The second-order valence-corrected chi connectivity index (χ2v) is 9.45. The van der Waals surface area contributed by atoms with Crippen LogP contribution in [0.5, 0.6) is 11.5 Å². The molecule has 9 nitrogen and oxygen atoms in total. The number of carbonyl (C=O) groups is 2. The van der Waals surface area contributed by atoms with Gasteiger partial charge in [0.1, 0.15) is 17.2 Å². The molecule has 0 atom stereocenters. The first kappa shape index (κ1) is 22.4. The van der Waals surface area contributed by atoms with Gasteiger partial charge in [0.25, 0.3) is 0 Å².